The minimum absolute atomic E-state index is 0.0402. The van der Waals surface area contributed by atoms with Crippen LogP contribution in [0.25, 0.3) is 0 Å². The van der Waals surface area contributed by atoms with Gasteiger partial charge in [0.2, 0.25) is 5.91 Å². The van der Waals surface area contributed by atoms with Crippen LogP contribution < -0.4 is 0 Å². The summed E-state index contributed by atoms with van der Waals surface area (Å²) in [6.45, 7) is 0.509. The second kappa shape index (κ2) is 6.00. The molecular weight excluding hydrogens is 309 g/mol. The van der Waals surface area contributed by atoms with Gasteiger partial charge >= 0.3 is 0 Å². The number of hydrogen-bond acceptors (Lipinski definition) is 2. The monoisotopic (exact) mass is 327 g/mol. The van der Waals surface area contributed by atoms with Crippen LogP contribution in [-0.2, 0) is 17.8 Å². The fourth-order valence-electron chi connectivity index (χ4n) is 3.11. The van der Waals surface area contributed by atoms with Crippen LogP contribution in [0.15, 0.2) is 53.4 Å². The van der Waals surface area contributed by atoms with Crippen LogP contribution in [0.3, 0.4) is 0 Å². The van der Waals surface area contributed by atoms with Gasteiger partial charge in [0.1, 0.15) is 5.82 Å². The molecule has 1 aliphatic heterocycles. The van der Waals surface area contributed by atoms with Crippen molar-refractivity contribution >= 4 is 17.7 Å². The lowest BCUT2D eigenvalue weighted by atomic mass is 10.1. The van der Waals surface area contributed by atoms with Crippen molar-refractivity contribution in [2.75, 3.05) is 0 Å². The number of rotatable bonds is 4. The molecule has 1 atom stereocenters. The van der Waals surface area contributed by atoms with E-state index >= 15 is 0 Å². The maximum atomic E-state index is 13.4. The summed E-state index contributed by atoms with van der Waals surface area (Å²) in [5.41, 5.74) is 2.13. The van der Waals surface area contributed by atoms with E-state index in [0.29, 0.717) is 12.6 Å². The molecule has 0 N–H and O–H groups in total. The first-order valence-electron chi connectivity index (χ1n) is 8.00. The van der Waals surface area contributed by atoms with Crippen LogP contribution in [0.4, 0.5) is 4.39 Å². The molecule has 0 saturated heterocycles. The number of thioether (sulfide) groups is 1. The summed E-state index contributed by atoms with van der Waals surface area (Å²) in [6.07, 6.45) is 2.92. The Bertz CT molecular complexity index is 719. The van der Waals surface area contributed by atoms with E-state index in [1.807, 2.05) is 23.1 Å². The maximum Gasteiger partial charge on any atom is 0.236 e. The molecule has 1 heterocycles. The van der Waals surface area contributed by atoms with Crippen molar-refractivity contribution in [3.05, 3.63) is 65.5 Å². The normalized spacial score (nSPS) is 19.4. The van der Waals surface area contributed by atoms with Gasteiger partial charge in [0.15, 0.2) is 0 Å². The van der Waals surface area contributed by atoms with Crippen LogP contribution in [0, 0.1) is 5.82 Å². The van der Waals surface area contributed by atoms with E-state index in [1.54, 1.807) is 17.8 Å². The Morgan fingerprint density at radius 2 is 2.00 bits per heavy atom. The number of nitrogens with zero attached hydrogens (tertiary/aromatic N) is 1. The summed E-state index contributed by atoms with van der Waals surface area (Å²) in [5, 5.41) is -0.0402. The van der Waals surface area contributed by atoms with Crippen molar-refractivity contribution in [3.8, 4) is 0 Å². The number of hydrogen-bond donors (Lipinski definition) is 0. The molecule has 2 aromatic rings. The molecule has 23 heavy (non-hydrogen) atoms. The summed E-state index contributed by atoms with van der Waals surface area (Å²) in [4.78, 5) is 16.2. The summed E-state index contributed by atoms with van der Waals surface area (Å²) in [6, 6.07) is 15.1. The van der Waals surface area contributed by atoms with Crippen LogP contribution in [0.5, 0.6) is 0 Å². The van der Waals surface area contributed by atoms with E-state index in [2.05, 4.69) is 12.1 Å². The highest BCUT2D eigenvalue weighted by Gasteiger charge is 2.38. The van der Waals surface area contributed by atoms with Gasteiger partial charge in [0.05, 0.1) is 5.25 Å². The van der Waals surface area contributed by atoms with Gasteiger partial charge in [-0.15, -0.1) is 11.8 Å². The predicted octanol–water partition coefficient (Wildman–Crippen LogP) is 4.03. The molecule has 1 amide bonds. The minimum atomic E-state index is -0.242. The van der Waals surface area contributed by atoms with Crippen molar-refractivity contribution < 1.29 is 9.18 Å². The van der Waals surface area contributed by atoms with Crippen molar-refractivity contribution in [1.82, 2.24) is 4.90 Å². The standard InChI is InChI=1S/C19H18FNOS/c20-15-6-3-4-13(10-15)12-21(16-8-9-16)19(22)18-11-14-5-1-2-7-17(14)23-18/h1-7,10,16,18H,8-9,11-12H2. The van der Waals surface area contributed by atoms with E-state index in [4.69, 9.17) is 0 Å². The topological polar surface area (TPSA) is 20.3 Å². The molecule has 1 fully saturated rings. The molecule has 1 saturated carbocycles. The quantitative estimate of drug-likeness (QED) is 0.845. The number of carbonyl (C=O) groups is 1. The Morgan fingerprint density at radius 3 is 2.74 bits per heavy atom. The zero-order valence-electron chi connectivity index (χ0n) is 12.7. The molecular formula is C19H18FNOS. The Labute approximate surface area is 139 Å². The van der Waals surface area contributed by atoms with Crippen LogP contribution in [0.2, 0.25) is 0 Å². The second-order valence-electron chi connectivity index (χ2n) is 6.25. The highest BCUT2D eigenvalue weighted by molar-refractivity contribution is 8.01. The van der Waals surface area contributed by atoms with Crippen molar-refractivity contribution in [2.45, 2.75) is 42.0 Å². The Balaban J connectivity index is 1.51. The third-order valence-corrected chi connectivity index (χ3v) is 5.74. The SMILES string of the molecule is O=C(C1Cc2ccccc2S1)N(Cc1cccc(F)c1)C1CC1. The van der Waals surface area contributed by atoms with E-state index in [9.17, 15) is 9.18 Å². The largest absolute Gasteiger partial charge is 0.334 e. The van der Waals surface area contributed by atoms with Gasteiger partial charge in [-0.25, -0.2) is 4.39 Å². The predicted molar refractivity (Wildman–Crippen MR) is 89.8 cm³/mol. The first-order chi connectivity index (χ1) is 11.2. The number of carbonyl (C=O) groups excluding carboxylic acids is 1. The molecule has 2 aliphatic rings. The highest BCUT2D eigenvalue weighted by Crippen LogP contribution is 2.39. The van der Waals surface area contributed by atoms with E-state index in [1.165, 1.54) is 22.6 Å². The van der Waals surface area contributed by atoms with E-state index < -0.39 is 0 Å². The molecule has 4 rings (SSSR count). The molecule has 4 heteroatoms. The van der Waals surface area contributed by atoms with Gasteiger partial charge in [-0.3, -0.25) is 4.79 Å². The van der Waals surface area contributed by atoms with Gasteiger partial charge < -0.3 is 4.90 Å². The number of halogens is 1. The molecule has 1 unspecified atom stereocenters. The summed E-state index contributed by atoms with van der Waals surface area (Å²) in [5.74, 6) is -0.0497. The fraction of sp³-hybridized carbons (Fsp3) is 0.316. The first kappa shape index (κ1) is 14.8. The van der Waals surface area contributed by atoms with Gasteiger partial charge in [-0.05, 0) is 48.6 Å². The van der Waals surface area contributed by atoms with Crippen molar-refractivity contribution in [1.29, 1.82) is 0 Å². The molecule has 118 valence electrons. The maximum absolute atomic E-state index is 13.4. The van der Waals surface area contributed by atoms with Crippen molar-refractivity contribution in [2.24, 2.45) is 0 Å². The molecule has 2 nitrogen and oxygen atoms in total. The lowest BCUT2D eigenvalue weighted by Crippen LogP contribution is -2.38. The average molecular weight is 327 g/mol. The summed E-state index contributed by atoms with van der Waals surface area (Å²) < 4.78 is 13.4. The second-order valence-corrected chi connectivity index (χ2v) is 7.49. The third-order valence-electron chi connectivity index (χ3n) is 4.44. The number of amides is 1. The van der Waals surface area contributed by atoms with Crippen molar-refractivity contribution in [3.63, 3.8) is 0 Å². The number of benzene rings is 2. The van der Waals surface area contributed by atoms with Crippen LogP contribution in [-0.4, -0.2) is 22.1 Å². The van der Waals surface area contributed by atoms with E-state index in [-0.39, 0.29) is 17.0 Å². The average Bonchev–Trinajstić information content (AvgIpc) is 3.30. The Morgan fingerprint density at radius 1 is 1.17 bits per heavy atom. The minimum Gasteiger partial charge on any atom is -0.334 e. The molecule has 2 aromatic carbocycles. The molecule has 0 aromatic heterocycles. The molecule has 0 bridgehead atoms. The molecule has 1 aliphatic carbocycles. The molecule has 0 spiro atoms. The fourth-order valence-corrected chi connectivity index (χ4v) is 4.38. The third kappa shape index (κ3) is 3.13. The lowest BCUT2D eigenvalue weighted by Gasteiger charge is -2.25. The van der Waals surface area contributed by atoms with Gasteiger partial charge in [-0.1, -0.05) is 30.3 Å². The van der Waals surface area contributed by atoms with Crippen LogP contribution in [0.1, 0.15) is 24.0 Å². The van der Waals surface area contributed by atoms with E-state index in [0.717, 1.165) is 24.8 Å². The first-order valence-corrected chi connectivity index (χ1v) is 8.88. The number of fused-ring (bicyclic) bond motifs is 1. The van der Waals surface area contributed by atoms with Gasteiger partial charge in [-0.2, -0.15) is 0 Å². The lowest BCUT2D eigenvalue weighted by molar-refractivity contribution is -0.131. The molecule has 0 radical (unpaired) electrons. The summed E-state index contributed by atoms with van der Waals surface area (Å²) in [7, 11) is 0. The zero-order valence-corrected chi connectivity index (χ0v) is 13.6. The Kier molecular flexibility index (Phi) is 3.85. The summed E-state index contributed by atoms with van der Waals surface area (Å²) >= 11 is 1.67. The zero-order chi connectivity index (χ0) is 15.8. The Hall–Kier alpha value is -1.81. The highest BCUT2D eigenvalue weighted by atomic mass is 32.2. The van der Waals surface area contributed by atoms with Crippen LogP contribution >= 0.6 is 11.8 Å². The smallest absolute Gasteiger partial charge is 0.236 e. The van der Waals surface area contributed by atoms with Gasteiger partial charge in [0.25, 0.3) is 0 Å². The van der Waals surface area contributed by atoms with Gasteiger partial charge in [0, 0.05) is 17.5 Å².